The van der Waals surface area contributed by atoms with Gasteiger partial charge >= 0.3 is 0 Å². The van der Waals surface area contributed by atoms with Crippen LogP contribution in [0.1, 0.15) is 37.1 Å². The van der Waals surface area contributed by atoms with Gasteiger partial charge in [0.15, 0.2) is 0 Å². The maximum absolute atomic E-state index is 7.18. The summed E-state index contributed by atoms with van der Waals surface area (Å²) in [7, 11) is 0. The fourth-order valence-corrected chi connectivity index (χ4v) is 0. The lowest BCUT2D eigenvalue weighted by Crippen LogP contribution is -0.961. The first-order valence-electron chi connectivity index (χ1n) is 0.894. The molecule has 0 bridgehead atoms. The van der Waals surface area contributed by atoms with E-state index in [4.69, 9.17) is 10.5 Å². The van der Waals surface area contributed by atoms with Crippen LogP contribution in [0.3, 0.4) is 0 Å². The quantitative estimate of drug-likeness (QED) is 0.457. The van der Waals surface area contributed by atoms with Crippen molar-refractivity contribution in [2.45, 2.75) is 37.1 Å². The topological polar surface area (TPSA) is 47.6 Å². The van der Waals surface area contributed by atoms with Crippen LogP contribution < -0.4 is 0 Å². The molecule has 0 fully saturated rings. The van der Waals surface area contributed by atoms with E-state index in [1.54, 1.807) is 0 Å². The molecule has 0 aliphatic rings. The minimum Gasteiger partial charge on any atom is -0.185 e. The Hall–Kier alpha value is -0.320. The molecule has 0 saturated carbocycles. The second-order valence-electron chi connectivity index (χ2n) is 0.200. The molecule has 0 atom stereocenters. The predicted octanol–water partition coefficient (Wildman–Crippen LogP) is 3.98. The van der Waals surface area contributed by atoms with Crippen molar-refractivity contribution in [3.8, 4) is 10.8 Å². The first-order chi connectivity index (χ1) is 2.83. The van der Waals surface area contributed by atoms with Gasteiger partial charge in [-0.2, -0.15) is 10.5 Å². The van der Waals surface area contributed by atoms with Gasteiger partial charge in [-0.25, -0.2) is 0 Å². The summed E-state index contributed by atoms with van der Waals surface area (Å²) in [6.07, 6.45) is 0. The summed E-state index contributed by atoms with van der Waals surface area (Å²) < 4.78 is 0. The Kier molecular flexibility index (Phi) is 1740. The van der Waals surface area contributed by atoms with Crippen LogP contribution in [-0.4, -0.2) is 0 Å². The Balaban J connectivity index is -0.00000000400. The molecule has 0 aromatic heterocycles. The lowest BCUT2D eigenvalue weighted by molar-refractivity contribution is 1.57. The van der Waals surface area contributed by atoms with Gasteiger partial charge in [-0.1, -0.05) is 62.4 Å². The Morgan fingerprint density at radius 3 is 0.636 bits per heavy atom. The standard InChI is InChI=1S/2CHNS.5CH4/c2*2-1-3;;;;;/h2*3H;5*1H4. The highest BCUT2D eigenvalue weighted by atomic mass is 32.1. The van der Waals surface area contributed by atoms with Crippen LogP contribution in [-0.2, 0) is 0 Å². The van der Waals surface area contributed by atoms with Crippen molar-refractivity contribution >= 4 is 25.3 Å². The van der Waals surface area contributed by atoms with Crippen molar-refractivity contribution in [1.29, 1.82) is 10.5 Å². The number of hydrogen-bond donors (Lipinski definition) is 2. The van der Waals surface area contributed by atoms with Gasteiger partial charge in [0.05, 0.1) is 0 Å². The fraction of sp³-hybridized carbons (Fsp3) is 0.714. The van der Waals surface area contributed by atoms with E-state index in [1.165, 1.54) is 10.8 Å². The number of nitrogens with zero attached hydrogens (tertiary/aromatic N) is 2. The van der Waals surface area contributed by atoms with E-state index in [-0.39, 0.29) is 37.1 Å². The SMILES string of the molecule is C.C.C.C.C.N#CS.N#CS. The Bertz CT molecular complexity index is 69.4. The molecule has 0 aliphatic carbocycles. The van der Waals surface area contributed by atoms with Crippen molar-refractivity contribution in [3.63, 3.8) is 0 Å². The highest BCUT2D eigenvalue weighted by Crippen LogP contribution is 1.46. The summed E-state index contributed by atoms with van der Waals surface area (Å²) in [5.41, 5.74) is 0. The predicted molar refractivity (Wildman–Crippen MR) is 62.9 cm³/mol. The van der Waals surface area contributed by atoms with E-state index in [9.17, 15) is 0 Å². The monoisotopic (exact) mass is 198 g/mol. The van der Waals surface area contributed by atoms with Gasteiger partial charge < -0.3 is 0 Å². The molecule has 4 heteroatoms. The molecule has 0 aromatic rings. The van der Waals surface area contributed by atoms with Crippen molar-refractivity contribution in [1.82, 2.24) is 0 Å². The third-order valence-corrected chi connectivity index (χ3v) is 0. The summed E-state index contributed by atoms with van der Waals surface area (Å²) in [4.78, 5) is 0. The average molecular weight is 198 g/mol. The van der Waals surface area contributed by atoms with Crippen molar-refractivity contribution < 1.29 is 0 Å². The molecule has 72 valence electrons. The zero-order valence-corrected chi connectivity index (χ0v) is 4.58. The molecule has 0 aliphatic heterocycles. The Morgan fingerprint density at radius 1 is 0.636 bits per heavy atom. The van der Waals surface area contributed by atoms with E-state index in [0.29, 0.717) is 0 Å². The second-order valence-corrected chi connectivity index (χ2v) is 0.600. The molecule has 0 aromatic carbocycles. The zero-order valence-electron chi connectivity index (χ0n) is 2.79. The Labute approximate surface area is 84.1 Å². The van der Waals surface area contributed by atoms with Crippen LogP contribution in [0.5, 0.6) is 0 Å². The van der Waals surface area contributed by atoms with E-state index < -0.39 is 0 Å². The molecule has 0 saturated heterocycles. The van der Waals surface area contributed by atoms with Crippen LogP contribution >= 0.6 is 25.3 Å². The average Bonchev–Trinajstić information content (AvgIpc) is 1.39. The van der Waals surface area contributed by atoms with Crippen LogP contribution in [0.2, 0.25) is 0 Å². The van der Waals surface area contributed by atoms with Crippen molar-refractivity contribution in [3.05, 3.63) is 0 Å². The number of thiol groups is 2. The molecule has 0 spiro atoms. The summed E-state index contributed by atoms with van der Waals surface area (Å²) in [6, 6.07) is 0. The molecule has 0 rings (SSSR count). The van der Waals surface area contributed by atoms with Crippen molar-refractivity contribution in [2.24, 2.45) is 0 Å². The number of hydrogen-bond acceptors (Lipinski definition) is 4. The highest BCUT2D eigenvalue weighted by molar-refractivity contribution is 7.85. The van der Waals surface area contributed by atoms with Gasteiger partial charge in [-0.05, 0) is 0 Å². The number of thiocyanates is 2. The molecular formula is C7H22N2S2. The van der Waals surface area contributed by atoms with Gasteiger partial charge in [-0.3, -0.25) is 0 Å². The van der Waals surface area contributed by atoms with Crippen LogP contribution in [0.25, 0.3) is 0 Å². The molecule has 0 heterocycles. The van der Waals surface area contributed by atoms with Gasteiger partial charge in [0, 0.05) is 0 Å². The highest BCUT2D eigenvalue weighted by Gasteiger charge is 1.18. The lowest BCUT2D eigenvalue weighted by atomic mass is 11.8. The summed E-state index contributed by atoms with van der Waals surface area (Å²) in [5, 5.41) is 17.3. The molecule has 0 unspecified atom stereocenters. The molecule has 0 N–H and O–H groups in total. The van der Waals surface area contributed by atoms with Gasteiger partial charge in [0.2, 0.25) is 0 Å². The third-order valence-electron chi connectivity index (χ3n) is 0. The largest absolute Gasteiger partial charge is 0.185 e. The van der Waals surface area contributed by atoms with E-state index in [2.05, 4.69) is 25.3 Å². The van der Waals surface area contributed by atoms with E-state index >= 15 is 0 Å². The Morgan fingerprint density at radius 2 is 0.636 bits per heavy atom. The van der Waals surface area contributed by atoms with E-state index in [1.807, 2.05) is 0 Å². The van der Waals surface area contributed by atoms with Gasteiger partial charge in [0.1, 0.15) is 10.8 Å². The van der Waals surface area contributed by atoms with E-state index in [0.717, 1.165) is 0 Å². The molecule has 11 heavy (non-hydrogen) atoms. The smallest absolute Gasteiger partial charge is 0.130 e. The third kappa shape index (κ3) is 5580. The van der Waals surface area contributed by atoms with Gasteiger partial charge in [-0.15, -0.1) is 0 Å². The maximum atomic E-state index is 7.18. The lowest BCUT2D eigenvalue weighted by Gasteiger charge is -1.14. The van der Waals surface area contributed by atoms with Crippen LogP contribution in [0, 0.1) is 21.3 Å². The molecular weight excluding hydrogens is 176 g/mol. The normalized spacial score (nSPS) is 1.45. The van der Waals surface area contributed by atoms with Crippen molar-refractivity contribution in [2.75, 3.05) is 0 Å². The summed E-state index contributed by atoms with van der Waals surface area (Å²) in [5.74, 6) is 0. The summed E-state index contributed by atoms with van der Waals surface area (Å²) in [6.45, 7) is 0. The fourth-order valence-electron chi connectivity index (χ4n) is 0. The first kappa shape index (κ1) is 73.9. The van der Waals surface area contributed by atoms with Crippen LogP contribution in [0.15, 0.2) is 0 Å². The number of nitriles is 2. The zero-order chi connectivity index (χ0) is 5.41. The number of rotatable bonds is 0. The van der Waals surface area contributed by atoms with Gasteiger partial charge in [0.25, 0.3) is 0 Å². The minimum atomic E-state index is 0. The molecule has 0 amide bonds. The maximum Gasteiger partial charge on any atom is 0.130 e. The van der Waals surface area contributed by atoms with Crippen LogP contribution in [0.4, 0.5) is 0 Å². The molecule has 2 nitrogen and oxygen atoms in total. The summed E-state index contributed by atoms with van der Waals surface area (Å²) >= 11 is 6.19. The first-order valence-corrected chi connectivity index (χ1v) is 1.79. The minimum absolute atomic E-state index is 0. The second kappa shape index (κ2) is 258. The molecule has 0 radical (unpaired) electrons.